The molecule has 0 amide bonds. The first-order chi connectivity index (χ1) is 9.42. The van der Waals surface area contributed by atoms with Gasteiger partial charge in [-0.15, -0.1) is 0 Å². The van der Waals surface area contributed by atoms with Crippen molar-refractivity contribution in [1.29, 1.82) is 0 Å². The third-order valence-electron chi connectivity index (χ3n) is 1.19. The molecule has 0 aliphatic carbocycles. The largest absolute Gasteiger partial charge is 0.508 e. The molecule has 0 saturated carbocycles. The van der Waals surface area contributed by atoms with Crippen LogP contribution in [0.4, 0.5) is 14.4 Å². The monoisotopic (exact) mass is 298 g/mol. The van der Waals surface area contributed by atoms with Crippen LogP contribution in [0.25, 0.3) is 0 Å². The molecular formula is C11H22O9. The number of methoxy groups -OCH3 is 4. The van der Waals surface area contributed by atoms with Gasteiger partial charge in [-0.1, -0.05) is 0 Å². The Morgan fingerprint density at radius 3 is 0.950 bits per heavy atom. The van der Waals surface area contributed by atoms with E-state index < -0.39 is 18.5 Å². The first kappa shape index (κ1) is 22.9. The van der Waals surface area contributed by atoms with Crippen molar-refractivity contribution in [3.05, 3.63) is 0 Å². The lowest BCUT2D eigenvalue weighted by molar-refractivity contribution is 0.0630. The summed E-state index contributed by atoms with van der Waals surface area (Å²) in [5, 5.41) is 0. The predicted molar refractivity (Wildman–Crippen MR) is 67.5 cm³/mol. The van der Waals surface area contributed by atoms with Gasteiger partial charge >= 0.3 is 18.5 Å². The van der Waals surface area contributed by atoms with Crippen LogP contribution in [0.5, 0.6) is 0 Å². The van der Waals surface area contributed by atoms with Crippen molar-refractivity contribution >= 4 is 18.5 Å². The molecule has 0 spiro atoms. The minimum Gasteiger partial charge on any atom is -0.438 e. The molecule has 0 aromatic heterocycles. The lowest BCUT2D eigenvalue weighted by Crippen LogP contribution is -2.05. The smallest absolute Gasteiger partial charge is 0.438 e. The summed E-state index contributed by atoms with van der Waals surface area (Å²) < 4.78 is 25.0. The van der Waals surface area contributed by atoms with Crippen LogP contribution in [0.2, 0.25) is 0 Å². The number of carbonyl (C=O) groups is 3. The summed E-state index contributed by atoms with van der Waals surface area (Å²) >= 11 is 0. The van der Waals surface area contributed by atoms with E-state index in [9.17, 15) is 14.4 Å². The summed E-state index contributed by atoms with van der Waals surface area (Å²) in [5.41, 5.74) is 0. The number of carbonyl (C=O) groups excluding carboxylic acids is 3. The zero-order valence-electron chi connectivity index (χ0n) is 12.6. The minimum absolute atomic E-state index is 0.374. The van der Waals surface area contributed by atoms with Gasteiger partial charge in [-0.2, -0.15) is 0 Å². The molecule has 0 atom stereocenters. The molecule has 0 fully saturated rings. The SMILES string of the molecule is CCOC(=O)OCC.COC(=O)OC.COC(=O)OC. The molecule has 0 heterocycles. The van der Waals surface area contributed by atoms with Gasteiger partial charge in [0.25, 0.3) is 0 Å². The van der Waals surface area contributed by atoms with Crippen molar-refractivity contribution in [2.75, 3.05) is 41.7 Å². The van der Waals surface area contributed by atoms with Gasteiger partial charge in [0.05, 0.1) is 41.7 Å². The Labute approximate surface area is 118 Å². The highest BCUT2D eigenvalue weighted by atomic mass is 16.7. The third-order valence-corrected chi connectivity index (χ3v) is 1.19. The van der Waals surface area contributed by atoms with Gasteiger partial charge in [0.1, 0.15) is 0 Å². The fraction of sp³-hybridized carbons (Fsp3) is 0.727. The van der Waals surface area contributed by atoms with Crippen molar-refractivity contribution in [2.45, 2.75) is 13.8 Å². The second-order valence-electron chi connectivity index (χ2n) is 2.43. The van der Waals surface area contributed by atoms with Crippen LogP contribution in [0.15, 0.2) is 0 Å². The van der Waals surface area contributed by atoms with Crippen LogP contribution >= 0.6 is 0 Å². The molecular weight excluding hydrogens is 276 g/mol. The topological polar surface area (TPSA) is 107 Å². The molecule has 9 nitrogen and oxygen atoms in total. The Morgan fingerprint density at radius 2 is 0.850 bits per heavy atom. The third kappa shape index (κ3) is 24.9. The van der Waals surface area contributed by atoms with Crippen LogP contribution in [-0.4, -0.2) is 60.1 Å². The van der Waals surface area contributed by atoms with E-state index in [0.717, 1.165) is 0 Å². The van der Waals surface area contributed by atoms with E-state index in [1.165, 1.54) is 28.4 Å². The number of hydrogen-bond acceptors (Lipinski definition) is 9. The van der Waals surface area contributed by atoms with Gasteiger partial charge in [0.15, 0.2) is 0 Å². The average molecular weight is 298 g/mol. The Balaban J connectivity index is -0.000000221. The lowest BCUT2D eigenvalue weighted by atomic mass is 10.8. The fourth-order valence-electron chi connectivity index (χ4n) is 0.444. The molecule has 120 valence electrons. The number of hydrogen-bond donors (Lipinski definition) is 0. The maximum Gasteiger partial charge on any atom is 0.508 e. The molecule has 0 bridgehead atoms. The molecule has 9 heteroatoms. The number of rotatable bonds is 2. The quantitative estimate of drug-likeness (QED) is 0.558. The molecule has 0 rings (SSSR count). The van der Waals surface area contributed by atoms with E-state index in [0.29, 0.717) is 13.2 Å². The van der Waals surface area contributed by atoms with Crippen molar-refractivity contribution in [3.8, 4) is 0 Å². The minimum atomic E-state index is -0.657. The zero-order chi connectivity index (χ0) is 16.4. The van der Waals surface area contributed by atoms with E-state index >= 15 is 0 Å². The summed E-state index contributed by atoms with van der Waals surface area (Å²) in [6, 6.07) is 0. The van der Waals surface area contributed by atoms with Crippen LogP contribution in [-0.2, 0) is 28.4 Å². The Kier molecular flexibility index (Phi) is 22.0. The van der Waals surface area contributed by atoms with E-state index in [2.05, 4.69) is 28.4 Å². The molecule has 0 aromatic carbocycles. The van der Waals surface area contributed by atoms with E-state index in [1.54, 1.807) is 13.8 Å². The van der Waals surface area contributed by atoms with Crippen LogP contribution in [0.3, 0.4) is 0 Å². The fourth-order valence-corrected chi connectivity index (χ4v) is 0.444. The molecule has 0 aliphatic rings. The molecule has 0 unspecified atom stereocenters. The van der Waals surface area contributed by atoms with Gasteiger partial charge < -0.3 is 28.4 Å². The summed E-state index contributed by atoms with van der Waals surface area (Å²) in [6.45, 7) is 4.21. The maximum atomic E-state index is 10.2. The normalized spacial score (nSPS) is 7.50. The van der Waals surface area contributed by atoms with Crippen molar-refractivity contribution < 1.29 is 42.8 Å². The highest BCUT2D eigenvalue weighted by molar-refractivity contribution is 5.59. The Morgan fingerprint density at radius 1 is 0.600 bits per heavy atom. The summed E-state index contributed by atoms with van der Waals surface area (Å²) in [5.74, 6) is 0. The first-order valence-electron chi connectivity index (χ1n) is 5.46. The molecule has 0 radical (unpaired) electrons. The number of ether oxygens (including phenoxy) is 6. The predicted octanol–water partition coefficient (Wildman–Crippen LogP) is 1.98. The van der Waals surface area contributed by atoms with Gasteiger partial charge in [0.2, 0.25) is 0 Å². The van der Waals surface area contributed by atoms with Crippen molar-refractivity contribution in [2.24, 2.45) is 0 Å². The van der Waals surface area contributed by atoms with Crippen LogP contribution in [0.1, 0.15) is 13.8 Å². The molecule has 0 N–H and O–H groups in total. The zero-order valence-corrected chi connectivity index (χ0v) is 12.6. The second-order valence-corrected chi connectivity index (χ2v) is 2.43. The van der Waals surface area contributed by atoms with Gasteiger partial charge in [-0.05, 0) is 13.8 Å². The van der Waals surface area contributed by atoms with E-state index in [1.807, 2.05) is 0 Å². The average Bonchev–Trinajstić information content (AvgIpc) is 2.47. The molecule has 20 heavy (non-hydrogen) atoms. The standard InChI is InChI=1S/C5H10O3.2C3H6O3/c1-3-7-5(6)8-4-2;2*1-5-3(4)6-2/h3-4H2,1-2H3;2*1-2H3. The van der Waals surface area contributed by atoms with Crippen molar-refractivity contribution in [1.82, 2.24) is 0 Å². The van der Waals surface area contributed by atoms with Gasteiger partial charge in [-0.25, -0.2) is 14.4 Å². The summed E-state index contributed by atoms with van der Waals surface area (Å²) in [6.07, 6.45) is -1.90. The second kappa shape index (κ2) is 19.2. The van der Waals surface area contributed by atoms with E-state index in [-0.39, 0.29) is 0 Å². The highest BCUT2D eigenvalue weighted by Crippen LogP contribution is 1.81. The first-order valence-corrected chi connectivity index (χ1v) is 5.46. The van der Waals surface area contributed by atoms with Crippen molar-refractivity contribution in [3.63, 3.8) is 0 Å². The van der Waals surface area contributed by atoms with E-state index in [4.69, 9.17) is 0 Å². The summed E-state index contributed by atoms with van der Waals surface area (Å²) in [7, 11) is 5.02. The van der Waals surface area contributed by atoms with Gasteiger partial charge in [0, 0.05) is 0 Å². The van der Waals surface area contributed by atoms with Gasteiger partial charge in [-0.3, -0.25) is 0 Å². The highest BCUT2D eigenvalue weighted by Gasteiger charge is 1.96. The van der Waals surface area contributed by atoms with Crippen LogP contribution in [0, 0.1) is 0 Å². The molecule has 0 saturated heterocycles. The summed E-state index contributed by atoms with van der Waals surface area (Å²) in [4.78, 5) is 29.7. The Bertz CT molecular complexity index is 216. The molecule has 0 aliphatic heterocycles. The maximum absolute atomic E-state index is 10.2. The Hall–Kier alpha value is -2.19. The lowest BCUT2D eigenvalue weighted by Gasteiger charge is -1.98. The molecule has 0 aromatic rings. The van der Waals surface area contributed by atoms with Crippen LogP contribution < -0.4 is 0 Å².